The van der Waals surface area contributed by atoms with Crippen molar-refractivity contribution >= 4 is 22.9 Å². The third-order valence-electron chi connectivity index (χ3n) is 5.95. The minimum Gasteiger partial charge on any atom is -0.507 e. The van der Waals surface area contributed by atoms with Crippen LogP contribution in [0.3, 0.4) is 0 Å². The molecule has 39 heavy (non-hydrogen) atoms. The van der Waals surface area contributed by atoms with Crippen molar-refractivity contribution in [2.24, 2.45) is 0 Å². The Labute approximate surface area is 218 Å². The Hall–Kier alpha value is -4.37. The van der Waals surface area contributed by atoms with Gasteiger partial charge in [-0.2, -0.15) is 0 Å². The Kier molecular flexibility index (Phi) is 7.92. The molecule has 14 heteroatoms. The van der Waals surface area contributed by atoms with Crippen LogP contribution < -0.4 is 14.9 Å². The van der Waals surface area contributed by atoms with E-state index in [-0.39, 0.29) is 33.8 Å². The zero-order chi connectivity index (χ0) is 28.4. The van der Waals surface area contributed by atoms with Crippen LogP contribution in [-0.2, 0) is 19.1 Å². The number of phenols is 2. The minimum atomic E-state index is -1.80. The fourth-order valence-electron chi connectivity index (χ4n) is 3.97. The molecule has 0 spiro atoms. The largest absolute Gasteiger partial charge is 0.507 e. The van der Waals surface area contributed by atoms with Crippen molar-refractivity contribution in [1.29, 1.82) is 0 Å². The molecule has 4 rings (SSSR count). The van der Waals surface area contributed by atoms with Crippen molar-refractivity contribution in [2.45, 2.75) is 37.1 Å². The lowest BCUT2D eigenvalue weighted by molar-refractivity contribution is -0.278. The third-order valence-corrected chi connectivity index (χ3v) is 5.95. The first-order valence-electron chi connectivity index (χ1n) is 11.4. The molecule has 0 amide bonds. The van der Waals surface area contributed by atoms with Gasteiger partial charge in [0.1, 0.15) is 66.2 Å². The molecule has 1 saturated heterocycles. The topological polar surface area (TPSA) is 223 Å². The van der Waals surface area contributed by atoms with Crippen molar-refractivity contribution in [3.63, 3.8) is 0 Å². The van der Waals surface area contributed by atoms with E-state index in [2.05, 4.69) is 0 Å². The third kappa shape index (κ3) is 5.73. The van der Waals surface area contributed by atoms with Gasteiger partial charge < -0.3 is 54.0 Å². The Morgan fingerprint density at radius 3 is 2.41 bits per heavy atom. The minimum absolute atomic E-state index is 0.0351. The van der Waals surface area contributed by atoms with Gasteiger partial charge in [-0.1, -0.05) is 6.07 Å². The van der Waals surface area contributed by atoms with E-state index < -0.39 is 66.9 Å². The molecule has 5 atom stereocenters. The second-order valence-corrected chi connectivity index (χ2v) is 8.57. The monoisotopic (exact) mass is 548 g/mol. The number of ether oxygens (including phenoxy) is 4. The maximum absolute atomic E-state index is 13.1. The first kappa shape index (κ1) is 27.7. The summed E-state index contributed by atoms with van der Waals surface area (Å²) in [5.74, 6) is -3.28. The first-order chi connectivity index (χ1) is 18.5. The second kappa shape index (κ2) is 11.2. The van der Waals surface area contributed by atoms with Gasteiger partial charge >= 0.3 is 11.9 Å². The molecule has 0 aliphatic carbocycles. The molecular weight excluding hydrogens is 524 g/mol. The SMILES string of the molecule is COc1ccc(-c2coc3cc(O[C@@H]4O[C@@H](COC(=O)CC(=O)O)[C@@H](O)[C@H](O)[C@H]4O)cc(O)c3c2=O)cc1O. The summed E-state index contributed by atoms with van der Waals surface area (Å²) in [5.41, 5.74) is -0.403. The summed E-state index contributed by atoms with van der Waals surface area (Å²) in [7, 11) is 1.37. The number of fused-ring (bicyclic) bond motifs is 1. The quantitative estimate of drug-likeness (QED) is 0.162. The molecule has 1 aliphatic heterocycles. The lowest BCUT2D eigenvalue weighted by atomic mass is 9.99. The van der Waals surface area contributed by atoms with E-state index in [1.165, 1.54) is 31.4 Å². The smallest absolute Gasteiger partial charge is 0.317 e. The predicted molar refractivity (Wildman–Crippen MR) is 128 cm³/mol. The predicted octanol–water partition coefficient (Wildman–Crippen LogP) is 0.0841. The first-order valence-corrected chi connectivity index (χ1v) is 11.4. The number of aromatic hydroxyl groups is 2. The van der Waals surface area contributed by atoms with E-state index in [0.717, 1.165) is 12.3 Å². The normalized spacial score (nSPS) is 22.8. The number of carboxylic acid groups (broad SMARTS) is 1. The number of aliphatic hydroxyl groups excluding tert-OH is 3. The van der Waals surface area contributed by atoms with E-state index in [1.54, 1.807) is 0 Å². The molecular formula is C25H24O14. The molecule has 208 valence electrons. The number of carbonyl (C=O) groups is 2. The number of hydrogen-bond acceptors (Lipinski definition) is 13. The molecule has 2 heterocycles. The number of methoxy groups -OCH3 is 1. The molecule has 0 unspecified atom stereocenters. The molecule has 1 aliphatic rings. The number of hydrogen-bond donors (Lipinski definition) is 6. The molecule has 0 bridgehead atoms. The van der Waals surface area contributed by atoms with Crippen LogP contribution in [0.4, 0.5) is 0 Å². The van der Waals surface area contributed by atoms with Gasteiger partial charge in [0.25, 0.3) is 0 Å². The van der Waals surface area contributed by atoms with Crippen LogP contribution in [0.25, 0.3) is 22.1 Å². The maximum Gasteiger partial charge on any atom is 0.317 e. The average molecular weight is 548 g/mol. The van der Waals surface area contributed by atoms with Crippen LogP contribution in [0.1, 0.15) is 6.42 Å². The fraction of sp³-hybridized carbons (Fsp3) is 0.320. The summed E-state index contributed by atoms with van der Waals surface area (Å²) in [6.45, 7) is -0.654. The standard InChI is InChI=1S/C25H24O14/c1-35-15-3-2-10(4-13(15)26)12-8-36-16-6-11(5-14(27)20(16)21(12)31)38-25-24(34)23(33)22(32)17(39-25)9-37-19(30)7-18(28)29/h2-6,8,17,22-27,32-34H,7,9H2,1H3,(H,28,29)/t17-,22+,23-,24+,25+/m0/s1. The zero-order valence-electron chi connectivity index (χ0n) is 20.2. The van der Waals surface area contributed by atoms with E-state index >= 15 is 0 Å². The van der Waals surface area contributed by atoms with E-state index in [0.29, 0.717) is 5.56 Å². The van der Waals surface area contributed by atoms with Crippen molar-refractivity contribution in [1.82, 2.24) is 0 Å². The summed E-state index contributed by atoms with van der Waals surface area (Å²) in [6, 6.07) is 6.50. The van der Waals surface area contributed by atoms with E-state index in [4.69, 9.17) is 28.5 Å². The van der Waals surface area contributed by atoms with Crippen molar-refractivity contribution in [3.8, 4) is 34.1 Å². The summed E-state index contributed by atoms with van der Waals surface area (Å²) in [5, 5.41) is 59.7. The lowest BCUT2D eigenvalue weighted by Gasteiger charge is -2.39. The van der Waals surface area contributed by atoms with Crippen LogP contribution in [0, 0.1) is 0 Å². The Morgan fingerprint density at radius 2 is 1.74 bits per heavy atom. The number of phenolic OH excluding ortho intramolecular Hbond substituents is 2. The molecule has 0 radical (unpaired) electrons. The van der Waals surface area contributed by atoms with Gasteiger partial charge in [-0.05, 0) is 17.7 Å². The highest BCUT2D eigenvalue weighted by atomic mass is 16.7. The number of aliphatic hydroxyl groups is 3. The number of esters is 1. The number of benzene rings is 2. The molecule has 6 N–H and O–H groups in total. The Morgan fingerprint density at radius 1 is 1.00 bits per heavy atom. The Bertz CT molecular complexity index is 1450. The second-order valence-electron chi connectivity index (χ2n) is 8.57. The maximum atomic E-state index is 13.1. The highest BCUT2D eigenvalue weighted by Gasteiger charge is 2.45. The summed E-state index contributed by atoms with van der Waals surface area (Å²) in [6.07, 6.45) is -8.17. The van der Waals surface area contributed by atoms with Gasteiger partial charge in [-0.15, -0.1) is 0 Å². The number of rotatable bonds is 8. The van der Waals surface area contributed by atoms with Crippen molar-refractivity contribution < 1.29 is 63.6 Å². The van der Waals surface area contributed by atoms with Crippen LogP contribution in [0.2, 0.25) is 0 Å². The van der Waals surface area contributed by atoms with Gasteiger partial charge in [0.15, 0.2) is 11.5 Å². The summed E-state index contributed by atoms with van der Waals surface area (Å²) in [4.78, 5) is 35.2. The van der Waals surface area contributed by atoms with E-state index in [1.807, 2.05) is 0 Å². The highest BCUT2D eigenvalue weighted by Crippen LogP contribution is 2.34. The van der Waals surface area contributed by atoms with Crippen LogP contribution >= 0.6 is 0 Å². The van der Waals surface area contributed by atoms with Crippen molar-refractivity contribution in [3.05, 3.63) is 46.8 Å². The molecule has 2 aromatic carbocycles. The van der Waals surface area contributed by atoms with Gasteiger partial charge in [-0.3, -0.25) is 14.4 Å². The molecule has 0 saturated carbocycles. The highest BCUT2D eigenvalue weighted by molar-refractivity contribution is 5.90. The van der Waals surface area contributed by atoms with Crippen LogP contribution in [0.5, 0.6) is 23.0 Å². The zero-order valence-corrected chi connectivity index (χ0v) is 20.2. The fourth-order valence-corrected chi connectivity index (χ4v) is 3.97. The number of aliphatic carboxylic acids is 1. The van der Waals surface area contributed by atoms with Gasteiger partial charge in [0.05, 0.1) is 12.7 Å². The van der Waals surface area contributed by atoms with Gasteiger partial charge in [0, 0.05) is 12.1 Å². The summed E-state index contributed by atoms with van der Waals surface area (Å²) < 4.78 is 26.2. The Balaban J connectivity index is 1.57. The number of carbonyl (C=O) groups excluding carboxylic acids is 1. The molecule has 3 aromatic rings. The van der Waals surface area contributed by atoms with Crippen molar-refractivity contribution in [2.75, 3.05) is 13.7 Å². The summed E-state index contributed by atoms with van der Waals surface area (Å²) >= 11 is 0. The van der Waals surface area contributed by atoms with Crippen LogP contribution in [0.15, 0.2) is 45.8 Å². The number of carboxylic acids is 1. The molecule has 14 nitrogen and oxygen atoms in total. The van der Waals surface area contributed by atoms with E-state index in [9.17, 15) is 39.9 Å². The molecule has 1 aromatic heterocycles. The lowest BCUT2D eigenvalue weighted by Crippen LogP contribution is -2.60. The average Bonchev–Trinajstić information content (AvgIpc) is 2.87. The van der Waals surface area contributed by atoms with Gasteiger partial charge in [-0.25, -0.2) is 0 Å². The van der Waals surface area contributed by atoms with Crippen LogP contribution in [-0.4, -0.2) is 87.0 Å². The van der Waals surface area contributed by atoms with Gasteiger partial charge in [0.2, 0.25) is 11.7 Å². The molecule has 1 fully saturated rings.